The zero-order chi connectivity index (χ0) is 15.0. The molecule has 0 saturated carbocycles. The van der Waals surface area contributed by atoms with Gasteiger partial charge in [0.15, 0.2) is 11.9 Å². The van der Waals surface area contributed by atoms with Crippen LogP contribution in [-0.4, -0.2) is 36.1 Å². The number of piperidine rings is 1. The molecule has 110 valence electrons. The van der Waals surface area contributed by atoms with Crippen LogP contribution in [0.1, 0.15) is 19.3 Å². The Bertz CT molecular complexity index is 617. The highest BCUT2D eigenvalue weighted by Gasteiger charge is 2.52. The van der Waals surface area contributed by atoms with E-state index in [1.165, 1.54) is 0 Å². The van der Waals surface area contributed by atoms with Crippen molar-refractivity contribution in [3.8, 4) is 0 Å². The molecule has 8 heteroatoms. The fourth-order valence-electron chi connectivity index (χ4n) is 2.48. The maximum atomic E-state index is 12.9. The number of quaternary nitrogens is 1. The average molecular weight is 302 g/mol. The van der Waals surface area contributed by atoms with E-state index >= 15 is 0 Å². The van der Waals surface area contributed by atoms with Gasteiger partial charge in [-0.1, -0.05) is 4.05 Å². The summed E-state index contributed by atoms with van der Waals surface area (Å²) in [6.45, 7) is -0.0377. The lowest BCUT2D eigenvalue weighted by Gasteiger charge is -2.38. The van der Waals surface area contributed by atoms with Gasteiger partial charge in [-0.3, -0.25) is 5.41 Å². The Morgan fingerprint density at radius 3 is 2.50 bits per heavy atom. The van der Waals surface area contributed by atoms with Crippen molar-refractivity contribution in [2.45, 2.75) is 30.2 Å². The van der Waals surface area contributed by atoms with Gasteiger partial charge in [0.2, 0.25) is 0 Å². The third-order valence-electron chi connectivity index (χ3n) is 3.58. The molecule has 1 saturated heterocycles. The second-order valence-corrected chi connectivity index (χ2v) is 6.93. The SMILES string of the molecule is N=C(N)[C@@H]1CCCC[N+]1(O)S(=O)(=O)c1ccc(F)cc1. The summed E-state index contributed by atoms with van der Waals surface area (Å²) in [4.78, 5) is -0.186. The lowest BCUT2D eigenvalue weighted by molar-refractivity contribution is -1.02. The van der Waals surface area contributed by atoms with Gasteiger partial charge < -0.3 is 5.73 Å². The van der Waals surface area contributed by atoms with Crippen molar-refractivity contribution in [2.24, 2.45) is 5.73 Å². The van der Waals surface area contributed by atoms with E-state index in [1.54, 1.807) is 0 Å². The van der Waals surface area contributed by atoms with Crippen LogP contribution in [0, 0.1) is 11.2 Å². The molecule has 1 fully saturated rings. The predicted molar refractivity (Wildman–Crippen MR) is 70.1 cm³/mol. The molecule has 0 aliphatic carbocycles. The molecule has 0 aromatic heterocycles. The van der Waals surface area contributed by atoms with E-state index in [-0.39, 0.29) is 17.3 Å². The maximum Gasteiger partial charge on any atom is 0.357 e. The van der Waals surface area contributed by atoms with Gasteiger partial charge in [0.25, 0.3) is 0 Å². The van der Waals surface area contributed by atoms with Gasteiger partial charge in [0, 0.05) is 12.8 Å². The number of amidine groups is 1. The quantitative estimate of drug-likeness (QED) is 0.443. The molecule has 1 heterocycles. The number of halogens is 1. The molecule has 1 aliphatic heterocycles. The van der Waals surface area contributed by atoms with E-state index in [2.05, 4.69) is 0 Å². The lowest BCUT2D eigenvalue weighted by atomic mass is 10.0. The minimum absolute atomic E-state index is 0.0377. The minimum atomic E-state index is -4.17. The average Bonchev–Trinajstić information content (AvgIpc) is 2.39. The third kappa shape index (κ3) is 2.30. The summed E-state index contributed by atoms with van der Waals surface area (Å²) in [5, 5.41) is 18.1. The van der Waals surface area contributed by atoms with Crippen LogP contribution >= 0.6 is 0 Å². The molecule has 0 bridgehead atoms. The van der Waals surface area contributed by atoms with Crippen LogP contribution < -0.4 is 5.73 Å². The molecular weight excluding hydrogens is 285 g/mol. The lowest BCUT2D eigenvalue weighted by Crippen LogP contribution is -2.63. The molecule has 1 unspecified atom stereocenters. The van der Waals surface area contributed by atoms with E-state index in [0.717, 1.165) is 24.3 Å². The largest absolute Gasteiger partial charge is 0.383 e. The van der Waals surface area contributed by atoms with E-state index < -0.39 is 25.9 Å². The van der Waals surface area contributed by atoms with Crippen molar-refractivity contribution in [1.29, 1.82) is 5.41 Å². The van der Waals surface area contributed by atoms with Gasteiger partial charge in [-0.2, -0.15) is 13.6 Å². The first-order chi connectivity index (χ1) is 9.29. The number of nitrogens with one attached hydrogen (secondary N) is 1. The van der Waals surface area contributed by atoms with E-state index in [4.69, 9.17) is 11.1 Å². The van der Waals surface area contributed by atoms with Crippen molar-refractivity contribution >= 4 is 15.9 Å². The number of benzene rings is 1. The standard InChI is InChI=1S/C12H17FN3O3S/c13-9-4-6-10(7-5-9)20(18,19)16(17)8-2-1-3-11(16)12(14)15/h4-7,11,17H,1-3,8H2,(H3,14,15)/q+1/t11-,16?/m0/s1. The van der Waals surface area contributed by atoms with E-state index in [9.17, 15) is 18.0 Å². The van der Waals surface area contributed by atoms with E-state index in [0.29, 0.717) is 19.3 Å². The van der Waals surface area contributed by atoms with Crippen LogP contribution in [-0.2, 0) is 10.0 Å². The number of nitrogens with zero attached hydrogens (tertiary/aromatic N) is 1. The van der Waals surface area contributed by atoms with Crippen molar-refractivity contribution < 1.29 is 22.1 Å². The minimum Gasteiger partial charge on any atom is -0.383 e. The van der Waals surface area contributed by atoms with Crippen molar-refractivity contribution in [1.82, 2.24) is 0 Å². The van der Waals surface area contributed by atoms with Crippen LogP contribution in [0.25, 0.3) is 0 Å². The summed E-state index contributed by atoms with van der Waals surface area (Å²) in [6.07, 6.45) is 1.54. The van der Waals surface area contributed by atoms with Gasteiger partial charge in [0.1, 0.15) is 17.3 Å². The van der Waals surface area contributed by atoms with Crippen LogP contribution in [0.5, 0.6) is 0 Å². The predicted octanol–water partition coefficient (Wildman–Crippen LogP) is 1.21. The van der Waals surface area contributed by atoms with Gasteiger partial charge in [-0.05, 0) is 30.7 Å². The summed E-state index contributed by atoms with van der Waals surface area (Å²) >= 11 is 0. The summed E-state index contributed by atoms with van der Waals surface area (Å²) < 4.78 is 36.8. The number of hydroxylamine groups is 2. The van der Waals surface area contributed by atoms with Crippen molar-refractivity contribution in [3.05, 3.63) is 30.1 Å². The number of nitrogens with two attached hydrogens (primary N) is 1. The molecule has 1 aromatic rings. The Morgan fingerprint density at radius 1 is 1.35 bits per heavy atom. The molecule has 6 nitrogen and oxygen atoms in total. The van der Waals surface area contributed by atoms with E-state index in [1.807, 2.05) is 0 Å². The highest BCUT2D eigenvalue weighted by molar-refractivity contribution is 7.85. The second kappa shape index (κ2) is 5.12. The first-order valence-corrected chi connectivity index (χ1v) is 7.68. The fourth-order valence-corrected chi connectivity index (χ4v) is 4.25. The highest BCUT2D eigenvalue weighted by Crippen LogP contribution is 2.32. The van der Waals surface area contributed by atoms with Gasteiger partial charge in [-0.25, -0.2) is 4.39 Å². The molecule has 2 atom stereocenters. The normalized spacial score (nSPS) is 27.2. The number of hydrogen-bond acceptors (Lipinski definition) is 4. The molecule has 0 radical (unpaired) electrons. The summed E-state index contributed by atoms with van der Waals surface area (Å²) in [5.74, 6) is -0.923. The number of sulfonamides is 1. The summed E-state index contributed by atoms with van der Waals surface area (Å²) in [7, 11) is -4.17. The topological polar surface area (TPSA) is 104 Å². The Balaban J connectivity index is 2.50. The Morgan fingerprint density at radius 2 is 1.95 bits per heavy atom. The first kappa shape index (κ1) is 14.9. The molecule has 0 amide bonds. The molecule has 0 spiro atoms. The van der Waals surface area contributed by atoms with Gasteiger partial charge in [0.05, 0.1) is 0 Å². The second-order valence-electron chi connectivity index (χ2n) is 4.88. The Hall–Kier alpha value is -1.51. The Labute approximate surface area is 116 Å². The molecule has 1 aromatic carbocycles. The molecule has 1 aliphatic rings. The summed E-state index contributed by atoms with van der Waals surface area (Å²) in [6, 6.07) is 3.26. The first-order valence-electron chi connectivity index (χ1n) is 6.24. The van der Waals surface area contributed by atoms with Gasteiger partial charge in [-0.15, -0.1) is 0 Å². The van der Waals surface area contributed by atoms with Crippen LogP contribution in [0.2, 0.25) is 0 Å². The molecule has 2 rings (SSSR count). The zero-order valence-corrected chi connectivity index (χ0v) is 11.6. The number of hydrogen-bond donors (Lipinski definition) is 3. The number of rotatable bonds is 3. The zero-order valence-electron chi connectivity index (χ0n) is 10.8. The van der Waals surface area contributed by atoms with Crippen LogP contribution in [0.3, 0.4) is 0 Å². The molecular formula is C12H17FN3O3S+. The maximum absolute atomic E-state index is 12.9. The smallest absolute Gasteiger partial charge is 0.357 e. The third-order valence-corrected chi connectivity index (χ3v) is 5.72. The fraction of sp³-hybridized carbons (Fsp3) is 0.417. The van der Waals surface area contributed by atoms with Crippen molar-refractivity contribution in [2.75, 3.05) is 6.54 Å². The van der Waals surface area contributed by atoms with Crippen LogP contribution in [0.15, 0.2) is 29.2 Å². The molecule has 20 heavy (non-hydrogen) atoms. The molecule has 4 N–H and O–H groups in total. The van der Waals surface area contributed by atoms with Crippen molar-refractivity contribution in [3.63, 3.8) is 0 Å². The highest BCUT2D eigenvalue weighted by atomic mass is 32.2. The van der Waals surface area contributed by atoms with Gasteiger partial charge >= 0.3 is 10.0 Å². The monoisotopic (exact) mass is 302 g/mol. The summed E-state index contributed by atoms with van der Waals surface area (Å²) in [5.41, 5.74) is 5.42. The van der Waals surface area contributed by atoms with Crippen LogP contribution in [0.4, 0.5) is 4.39 Å². The Kier molecular flexibility index (Phi) is 3.81.